The van der Waals surface area contributed by atoms with Gasteiger partial charge in [0.1, 0.15) is 5.75 Å². The van der Waals surface area contributed by atoms with Gasteiger partial charge in [0.25, 0.3) is 0 Å². The fourth-order valence-electron chi connectivity index (χ4n) is 3.64. The third-order valence-corrected chi connectivity index (χ3v) is 8.90. The molecule has 3 aromatic carbocycles. The molecule has 3 aromatic rings. The predicted molar refractivity (Wildman–Crippen MR) is 166 cm³/mol. The molecule has 0 aliphatic rings. The monoisotopic (exact) mass is 540 g/mol. The molecule has 202 valence electrons. The quantitative estimate of drug-likeness (QED) is 0.299. The lowest BCUT2D eigenvalue weighted by Gasteiger charge is -2.21. The third kappa shape index (κ3) is 12.3. The van der Waals surface area contributed by atoms with Gasteiger partial charge in [-0.3, -0.25) is 4.79 Å². The second kappa shape index (κ2) is 17.4. The summed E-state index contributed by atoms with van der Waals surface area (Å²) in [6.07, 6.45) is 1.62. The number of carbonyl (C=O) groups is 1. The zero-order valence-corrected chi connectivity index (χ0v) is 24.3. The number of benzene rings is 3. The molecule has 1 N–H and O–H groups in total. The standard InChI is InChI=1S/C27H33N2O2PS.C3H8.CH4/c1-28(2)18-22-7-5-9-25(15-22)32(26-10-6-8-23(16-26)19-29(3)4)20-33-27(31)17-21-11-13-24(30)14-12-21;1-3-2;/h5-16,30H,17-20H2,1-4H3;3H2,1-2H3;1H4. The van der Waals surface area contributed by atoms with Crippen molar-refractivity contribution < 1.29 is 9.90 Å². The Bertz CT molecular complexity index is 1020. The summed E-state index contributed by atoms with van der Waals surface area (Å²) in [5.41, 5.74) is 4.25. The third-order valence-electron chi connectivity index (χ3n) is 5.08. The summed E-state index contributed by atoms with van der Waals surface area (Å²) < 4.78 is 0. The van der Waals surface area contributed by atoms with Gasteiger partial charge in [-0.15, -0.1) is 0 Å². The molecule has 0 heterocycles. The minimum Gasteiger partial charge on any atom is -0.508 e. The van der Waals surface area contributed by atoms with Crippen LogP contribution < -0.4 is 10.6 Å². The molecule has 6 heteroatoms. The Kier molecular flexibility index (Phi) is 15.4. The molecule has 0 radical (unpaired) electrons. The normalized spacial score (nSPS) is 10.7. The van der Waals surface area contributed by atoms with Crippen molar-refractivity contribution in [2.75, 3.05) is 33.7 Å². The van der Waals surface area contributed by atoms with Crippen molar-refractivity contribution in [3.8, 4) is 5.75 Å². The highest BCUT2D eigenvalue weighted by atomic mass is 32.2. The first kappa shape index (κ1) is 32.9. The number of rotatable bonds is 10. The summed E-state index contributed by atoms with van der Waals surface area (Å²) in [5.74, 6) is 0.220. The van der Waals surface area contributed by atoms with Gasteiger partial charge >= 0.3 is 0 Å². The number of hydrogen-bond acceptors (Lipinski definition) is 5. The van der Waals surface area contributed by atoms with Crippen LogP contribution in [-0.2, 0) is 24.3 Å². The van der Waals surface area contributed by atoms with Crippen molar-refractivity contribution in [1.29, 1.82) is 0 Å². The molecule has 0 aliphatic carbocycles. The van der Waals surface area contributed by atoms with Gasteiger partial charge in [0, 0.05) is 25.0 Å². The molecular formula is C31H45N2O2PS. The van der Waals surface area contributed by atoms with Crippen LogP contribution >= 0.6 is 19.7 Å². The van der Waals surface area contributed by atoms with Crippen LogP contribution in [0, 0.1) is 0 Å². The fraction of sp³-hybridized carbons (Fsp3) is 0.387. The second-order valence-electron chi connectivity index (χ2n) is 9.44. The van der Waals surface area contributed by atoms with E-state index in [1.807, 2.05) is 12.1 Å². The van der Waals surface area contributed by atoms with E-state index in [-0.39, 0.29) is 18.3 Å². The van der Waals surface area contributed by atoms with Gasteiger partial charge in [-0.1, -0.05) is 88.0 Å². The Hall–Kier alpha value is -2.17. The summed E-state index contributed by atoms with van der Waals surface area (Å²) in [5, 5.41) is 12.2. The highest BCUT2D eigenvalue weighted by Crippen LogP contribution is 2.38. The van der Waals surface area contributed by atoms with Crippen molar-refractivity contribution in [2.24, 2.45) is 0 Å². The van der Waals surface area contributed by atoms with Crippen LogP contribution in [-0.4, -0.2) is 53.7 Å². The SMILES string of the molecule is C.CCC.CN(C)Cc1cccc(P(CSC(=O)Cc2ccc(O)cc2)c2cccc(CN(C)C)c2)c1. The maximum atomic E-state index is 12.8. The van der Waals surface area contributed by atoms with E-state index >= 15 is 0 Å². The van der Waals surface area contributed by atoms with Gasteiger partial charge in [0.2, 0.25) is 0 Å². The first-order chi connectivity index (χ1) is 17.2. The maximum absolute atomic E-state index is 12.8. The van der Waals surface area contributed by atoms with E-state index in [4.69, 9.17) is 0 Å². The van der Waals surface area contributed by atoms with E-state index in [9.17, 15) is 9.90 Å². The average molecular weight is 541 g/mol. The van der Waals surface area contributed by atoms with Crippen LogP contribution in [0.3, 0.4) is 0 Å². The van der Waals surface area contributed by atoms with Crippen LogP contribution in [0.4, 0.5) is 0 Å². The Morgan fingerprint density at radius 1 is 0.784 bits per heavy atom. The first-order valence-corrected chi connectivity index (χ1v) is 14.9. The number of thioether (sulfide) groups is 1. The first-order valence-electron chi connectivity index (χ1n) is 12.4. The lowest BCUT2D eigenvalue weighted by atomic mass is 10.2. The lowest BCUT2D eigenvalue weighted by molar-refractivity contribution is -0.110. The average Bonchev–Trinajstić information content (AvgIpc) is 2.81. The molecule has 0 saturated carbocycles. The van der Waals surface area contributed by atoms with E-state index < -0.39 is 7.92 Å². The molecule has 0 aromatic heterocycles. The topological polar surface area (TPSA) is 43.8 Å². The van der Waals surface area contributed by atoms with Crippen molar-refractivity contribution in [2.45, 2.75) is 47.2 Å². The molecule has 0 fully saturated rings. The Morgan fingerprint density at radius 3 is 1.68 bits per heavy atom. The Morgan fingerprint density at radius 2 is 1.24 bits per heavy atom. The second-order valence-corrected chi connectivity index (χ2v) is 13.1. The van der Waals surface area contributed by atoms with E-state index in [0.29, 0.717) is 6.42 Å². The molecule has 0 aliphatic heterocycles. The molecule has 0 spiro atoms. The number of phenolic OH excluding ortho intramolecular Hbond substituents is 1. The number of phenols is 1. The molecule has 0 unspecified atom stereocenters. The zero-order chi connectivity index (χ0) is 26.5. The maximum Gasteiger partial charge on any atom is 0.193 e. The van der Waals surface area contributed by atoms with Crippen LogP contribution in [0.1, 0.15) is 44.4 Å². The van der Waals surface area contributed by atoms with Crippen molar-refractivity contribution in [1.82, 2.24) is 9.80 Å². The molecule has 0 atom stereocenters. The molecule has 3 rings (SSSR count). The van der Waals surface area contributed by atoms with E-state index in [2.05, 4.69) is 100 Å². The van der Waals surface area contributed by atoms with Gasteiger partial charge in [0.15, 0.2) is 5.12 Å². The van der Waals surface area contributed by atoms with E-state index in [0.717, 1.165) is 24.1 Å². The van der Waals surface area contributed by atoms with Crippen LogP contribution in [0.5, 0.6) is 5.75 Å². The van der Waals surface area contributed by atoms with Gasteiger partial charge in [-0.05, 0) is 87.7 Å². The van der Waals surface area contributed by atoms with E-state index in [1.54, 1.807) is 12.1 Å². The minimum absolute atomic E-state index is 0. The highest BCUT2D eigenvalue weighted by molar-refractivity contribution is 8.18. The van der Waals surface area contributed by atoms with Gasteiger partial charge < -0.3 is 14.9 Å². The lowest BCUT2D eigenvalue weighted by Crippen LogP contribution is -2.18. The molecule has 0 bridgehead atoms. The Balaban J connectivity index is 0.00000163. The van der Waals surface area contributed by atoms with Gasteiger partial charge in [0.05, 0.1) is 0 Å². The number of carbonyl (C=O) groups excluding carboxylic acids is 1. The minimum atomic E-state index is -0.680. The molecular weight excluding hydrogens is 495 g/mol. The van der Waals surface area contributed by atoms with Gasteiger partial charge in [-0.25, -0.2) is 0 Å². The summed E-state index contributed by atoms with van der Waals surface area (Å²) in [4.78, 5) is 17.1. The van der Waals surface area contributed by atoms with Crippen LogP contribution in [0.15, 0.2) is 72.8 Å². The van der Waals surface area contributed by atoms with Crippen molar-refractivity contribution in [3.05, 3.63) is 89.5 Å². The smallest absolute Gasteiger partial charge is 0.193 e. The number of aromatic hydroxyl groups is 1. The molecule has 37 heavy (non-hydrogen) atoms. The summed E-state index contributed by atoms with van der Waals surface area (Å²) in [6.45, 7) is 6.04. The fourth-order valence-corrected chi connectivity index (χ4v) is 7.67. The van der Waals surface area contributed by atoms with Crippen molar-refractivity contribution >= 4 is 35.4 Å². The highest BCUT2D eigenvalue weighted by Gasteiger charge is 2.18. The Labute approximate surface area is 230 Å². The molecule has 0 saturated heterocycles. The summed E-state index contributed by atoms with van der Waals surface area (Å²) >= 11 is 1.42. The van der Waals surface area contributed by atoms with Gasteiger partial charge in [-0.2, -0.15) is 0 Å². The predicted octanol–water partition coefficient (Wildman–Crippen LogP) is 6.46. The number of nitrogens with zero attached hydrogens (tertiary/aromatic N) is 2. The van der Waals surface area contributed by atoms with Crippen LogP contribution in [0.25, 0.3) is 0 Å². The summed E-state index contributed by atoms with van der Waals surface area (Å²) in [7, 11) is 7.65. The number of hydrogen-bond donors (Lipinski definition) is 1. The molecule has 0 amide bonds. The zero-order valence-electron chi connectivity index (χ0n) is 22.6. The van der Waals surface area contributed by atoms with Crippen molar-refractivity contribution in [3.63, 3.8) is 0 Å². The largest absolute Gasteiger partial charge is 0.508 e. The van der Waals surface area contributed by atoms with E-state index in [1.165, 1.54) is 39.9 Å². The van der Waals surface area contributed by atoms with Crippen LogP contribution in [0.2, 0.25) is 0 Å². The summed E-state index contributed by atoms with van der Waals surface area (Å²) in [6, 6.07) is 24.5. The molecule has 4 nitrogen and oxygen atoms in total.